The van der Waals surface area contributed by atoms with Gasteiger partial charge in [0.05, 0.1) is 13.1 Å². The molecule has 186 valence electrons. The van der Waals surface area contributed by atoms with Crippen molar-refractivity contribution < 1.29 is 23.8 Å². The molecule has 3 aromatic rings. The molecule has 1 saturated heterocycles. The summed E-state index contributed by atoms with van der Waals surface area (Å²) in [5, 5.41) is 15.6. The highest BCUT2D eigenvalue weighted by Crippen LogP contribution is 2.21. The van der Waals surface area contributed by atoms with Crippen molar-refractivity contribution >= 4 is 5.91 Å². The third kappa shape index (κ3) is 7.27. The van der Waals surface area contributed by atoms with Crippen molar-refractivity contribution in [3.05, 3.63) is 78.4 Å². The predicted octanol–water partition coefficient (Wildman–Crippen LogP) is 2.58. The summed E-state index contributed by atoms with van der Waals surface area (Å²) in [6.45, 7) is 4.83. The Bertz CT molecular complexity index is 1090. The summed E-state index contributed by atoms with van der Waals surface area (Å²) >= 11 is 0. The van der Waals surface area contributed by atoms with Crippen LogP contribution in [0.15, 0.2) is 67.0 Å². The summed E-state index contributed by atoms with van der Waals surface area (Å²) in [4.78, 5) is 15.9. The molecule has 0 spiro atoms. The van der Waals surface area contributed by atoms with Crippen LogP contribution in [0.4, 0.5) is 4.39 Å². The fourth-order valence-electron chi connectivity index (χ4n) is 4.17. The molecular formula is C26H31FN4O4. The number of carbonyl (C=O) groups is 1. The molecule has 1 unspecified atom stereocenters. The first-order chi connectivity index (χ1) is 16.9. The average Bonchev–Trinajstić information content (AvgIpc) is 3.29. The number of nitrogens with zero attached hydrogens (tertiary/aromatic N) is 4. The van der Waals surface area contributed by atoms with Crippen molar-refractivity contribution in [2.24, 2.45) is 0 Å². The van der Waals surface area contributed by atoms with Gasteiger partial charge in [0, 0.05) is 45.5 Å². The fraction of sp³-hybridized carbons (Fsp3) is 0.385. The topological polar surface area (TPSA) is 80.1 Å². The lowest BCUT2D eigenvalue weighted by molar-refractivity contribution is -0.132. The number of amides is 1. The minimum atomic E-state index is -1.28. The molecule has 1 aliphatic rings. The number of hydrogen-bond acceptors (Lipinski definition) is 6. The van der Waals surface area contributed by atoms with Crippen molar-refractivity contribution in [3.63, 3.8) is 0 Å². The summed E-state index contributed by atoms with van der Waals surface area (Å²) in [6.07, 6.45) is 3.63. The molecule has 1 atom stereocenters. The second-order valence-corrected chi connectivity index (χ2v) is 8.88. The molecule has 2 aromatic carbocycles. The molecule has 1 N–H and O–H groups in total. The van der Waals surface area contributed by atoms with Crippen LogP contribution in [-0.2, 0) is 17.9 Å². The smallest absolute Gasteiger partial charge is 0.219 e. The number of rotatable bonds is 9. The SMILES string of the molecule is CC(=O)N1CCN(Cc2cccc(OCCn3cccn3)c2)CC(O)(COc2ccc(F)cc2)C1. The van der Waals surface area contributed by atoms with Crippen LogP contribution in [0.2, 0.25) is 0 Å². The van der Waals surface area contributed by atoms with Gasteiger partial charge in [0.2, 0.25) is 5.91 Å². The highest BCUT2D eigenvalue weighted by Gasteiger charge is 2.36. The lowest BCUT2D eigenvalue weighted by atomic mass is 10.0. The molecule has 1 fully saturated rings. The molecule has 1 aliphatic heterocycles. The minimum Gasteiger partial charge on any atom is -0.492 e. The van der Waals surface area contributed by atoms with E-state index in [-0.39, 0.29) is 24.9 Å². The third-order valence-corrected chi connectivity index (χ3v) is 5.91. The highest BCUT2D eigenvalue weighted by molar-refractivity contribution is 5.73. The molecule has 1 aromatic heterocycles. The number of halogens is 1. The zero-order chi connectivity index (χ0) is 24.7. The number of β-amino-alcohol motifs (C(OH)–C–C–N with tert-alkyl or cyclic N) is 1. The monoisotopic (exact) mass is 482 g/mol. The minimum absolute atomic E-state index is 0.0184. The van der Waals surface area contributed by atoms with E-state index in [0.29, 0.717) is 45.1 Å². The van der Waals surface area contributed by atoms with E-state index in [4.69, 9.17) is 9.47 Å². The molecule has 0 radical (unpaired) electrons. The average molecular weight is 483 g/mol. The first-order valence-corrected chi connectivity index (χ1v) is 11.7. The maximum absolute atomic E-state index is 13.2. The second-order valence-electron chi connectivity index (χ2n) is 8.88. The summed E-state index contributed by atoms with van der Waals surface area (Å²) in [5.41, 5.74) is -0.242. The molecule has 1 amide bonds. The van der Waals surface area contributed by atoms with Gasteiger partial charge < -0.3 is 19.5 Å². The van der Waals surface area contributed by atoms with E-state index in [9.17, 15) is 14.3 Å². The van der Waals surface area contributed by atoms with Gasteiger partial charge in [0.25, 0.3) is 0 Å². The van der Waals surface area contributed by atoms with Crippen molar-refractivity contribution in [2.75, 3.05) is 39.4 Å². The number of benzene rings is 2. The van der Waals surface area contributed by atoms with Gasteiger partial charge in [-0.2, -0.15) is 5.10 Å². The van der Waals surface area contributed by atoms with Gasteiger partial charge >= 0.3 is 0 Å². The first-order valence-electron chi connectivity index (χ1n) is 11.7. The number of aromatic nitrogens is 2. The standard InChI is InChI=1S/C26H31FN4O4/c1-21(32)30-13-12-29(18-26(33,19-30)20-35-24-8-6-23(27)7-9-24)17-22-4-2-5-25(16-22)34-15-14-31-11-3-10-28-31/h2-11,16,33H,12-15,17-20H2,1H3. The zero-order valence-electron chi connectivity index (χ0n) is 19.8. The van der Waals surface area contributed by atoms with Crippen LogP contribution >= 0.6 is 0 Å². The van der Waals surface area contributed by atoms with Gasteiger partial charge in [-0.15, -0.1) is 0 Å². The third-order valence-electron chi connectivity index (χ3n) is 5.91. The quantitative estimate of drug-likeness (QED) is 0.505. The largest absolute Gasteiger partial charge is 0.492 e. The summed E-state index contributed by atoms with van der Waals surface area (Å²) in [7, 11) is 0. The van der Waals surface area contributed by atoms with E-state index >= 15 is 0 Å². The second kappa shape index (κ2) is 11.3. The molecule has 0 saturated carbocycles. The molecule has 35 heavy (non-hydrogen) atoms. The number of ether oxygens (including phenoxy) is 2. The molecule has 2 heterocycles. The lowest BCUT2D eigenvalue weighted by Crippen LogP contribution is -2.51. The molecule has 0 aliphatic carbocycles. The number of aliphatic hydroxyl groups is 1. The summed E-state index contributed by atoms with van der Waals surface area (Å²) in [5.74, 6) is 0.779. The Kier molecular flexibility index (Phi) is 7.99. The van der Waals surface area contributed by atoms with Crippen LogP contribution < -0.4 is 9.47 Å². The first kappa shape index (κ1) is 24.7. The molecular weight excluding hydrogens is 451 g/mol. The Hall–Kier alpha value is -3.43. The Morgan fingerprint density at radius 1 is 1.09 bits per heavy atom. The zero-order valence-corrected chi connectivity index (χ0v) is 19.8. The molecule has 9 heteroatoms. The Balaban J connectivity index is 1.39. The van der Waals surface area contributed by atoms with Gasteiger partial charge in [-0.25, -0.2) is 4.39 Å². The number of carbonyl (C=O) groups excluding carboxylic acids is 1. The van der Waals surface area contributed by atoms with Crippen LogP contribution in [-0.4, -0.2) is 75.6 Å². The Morgan fingerprint density at radius 3 is 2.66 bits per heavy atom. The summed E-state index contributed by atoms with van der Waals surface area (Å²) < 4.78 is 26.7. The van der Waals surface area contributed by atoms with Gasteiger partial charge in [-0.1, -0.05) is 12.1 Å². The normalized spacial score (nSPS) is 18.8. The maximum Gasteiger partial charge on any atom is 0.219 e. The van der Waals surface area contributed by atoms with Crippen LogP contribution in [0.1, 0.15) is 12.5 Å². The molecule has 8 nitrogen and oxygen atoms in total. The van der Waals surface area contributed by atoms with E-state index in [0.717, 1.165) is 11.3 Å². The van der Waals surface area contributed by atoms with E-state index in [1.165, 1.54) is 31.2 Å². The molecule has 4 rings (SSSR count). The van der Waals surface area contributed by atoms with Crippen molar-refractivity contribution in [3.8, 4) is 11.5 Å². The Morgan fingerprint density at radius 2 is 1.91 bits per heavy atom. The summed E-state index contributed by atoms with van der Waals surface area (Å²) in [6, 6.07) is 15.4. The van der Waals surface area contributed by atoms with Crippen molar-refractivity contribution in [1.82, 2.24) is 19.6 Å². The van der Waals surface area contributed by atoms with Crippen molar-refractivity contribution in [1.29, 1.82) is 0 Å². The van der Waals surface area contributed by atoms with Crippen LogP contribution in [0.3, 0.4) is 0 Å². The van der Waals surface area contributed by atoms with Crippen molar-refractivity contribution in [2.45, 2.75) is 25.6 Å². The van der Waals surface area contributed by atoms with Gasteiger partial charge in [0.15, 0.2) is 0 Å². The van der Waals surface area contributed by atoms with E-state index in [2.05, 4.69) is 10.00 Å². The van der Waals surface area contributed by atoms with E-state index in [1.54, 1.807) is 11.1 Å². The van der Waals surface area contributed by atoms with Crippen LogP contribution in [0.25, 0.3) is 0 Å². The Labute approximate surface area is 204 Å². The van der Waals surface area contributed by atoms with Gasteiger partial charge in [0.1, 0.15) is 36.1 Å². The van der Waals surface area contributed by atoms with Crippen LogP contribution in [0.5, 0.6) is 11.5 Å². The maximum atomic E-state index is 13.2. The van der Waals surface area contributed by atoms with Gasteiger partial charge in [-0.05, 0) is 48.0 Å². The van der Waals surface area contributed by atoms with Gasteiger partial charge in [-0.3, -0.25) is 14.4 Å². The van der Waals surface area contributed by atoms with E-state index in [1.807, 2.05) is 41.2 Å². The van der Waals surface area contributed by atoms with Crippen LogP contribution in [0, 0.1) is 5.82 Å². The fourth-order valence-corrected chi connectivity index (χ4v) is 4.17. The molecule has 0 bridgehead atoms. The highest BCUT2D eigenvalue weighted by atomic mass is 19.1. The van der Waals surface area contributed by atoms with E-state index < -0.39 is 5.60 Å². The lowest BCUT2D eigenvalue weighted by Gasteiger charge is -2.32. The predicted molar refractivity (Wildman–Crippen MR) is 129 cm³/mol. The number of hydrogen-bond donors (Lipinski definition) is 1.